The minimum absolute atomic E-state index is 0.147. The summed E-state index contributed by atoms with van der Waals surface area (Å²) in [5, 5.41) is 3.04. The van der Waals surface area contributed by atoms with Crippen LogP contribution in [-0.4, -0.2) is 22.1 Å². The van der Waals surface area contributed by atoms with Crippen LogP contribution in [0, 0.1) is 6.92 Å². The summed E-state index contributed by atoms with van der Waals surface area (Å²) in [4.78, 5) is 40.3. The highest BCUT2D eigenvalue weighted by atomic mass is 35.5. The zero-order valence-electron chi connectivity index (χ0n) is 20.8. The van der Waals surface area contributed by atoms with Gasteiger partial charge < -0.3 is 5.32 Å². The van der Waals surface area contributed by atoms with Crippen LogP contribution < -0.4 is 14.9 Å². The number of carbonyl (C=O) groups is 3. The maximum Gasteiger partial charge on any atom is 0.331 e. The second-order valence-corrected chi connectivity index (χ2v) is 11.2. The van der Waals surface area contributed by atoms with Gasteiger partial charge in [-0.2, -0.15) is 0 Å². The number of rotatable bonds is 6. The zero-order valence-corrected chi connectivity index (χ0v) is 22.3. The molecule has 39 heavy (non-hydrogen) atoms. The van der Waals surface area contributed by atoms with Crippen molar-refractivity contribution in [2.24, 2.45) is 4.36 Å². The topological polar surface area (TPSA) is 108 Å². The van der Waals surface area contributed by atoms with E-state index in [1.165, 1.54) is 12.1 Å². The molecule has 1 unspecified atom stereocenters. The smallest absolute Gasteiger partial charge is 0.307 e. The highest BCUT2D eigenvalue weighted by Crippen LogP contribution is 2.33. The number of anilines is 2. The molecular formula is C29H23ClN4O4S. The van der Waals surface area contributed by atoms with Gasteiger partial charge in [-0.15, -0.1) is 0 Å². The molecule has 1 atom stereocenters. The maximum absolute atomic E-state index is 13.8. The molecule has 1 heterocycles. The molecule has 4 amide bonds. The van der Waals surface area contributed by atoms with E-state index in [4.69, 9.17) is 11.6 Å². The lowest BCUT2D eigenvalue weighted by molar-refractivity contribution is 0.0925. The molecule has 196 valence electrons. The van der Waals surface area contributed by atoms with Crippen LogP contribution in [0.4, 0.5) is 16.2 Å². The number of benzene rings is 4. The SMILES string of the molecule is Cc1cc(NC(=O)NS(=O)(=NCc2ccccc2)c2ccccc2)ccc1N1C(=O)c2ccc(Cl)cc2C1=O. The van der Waals surface area contributed by atoms with E-state index in [9.17, 15) is 18.6 Å². The first-order valence-corrected chi connectivity index (χ1v) is 13.8. The molecular weight excluding hydrogens is 536 g/mol. The van der Waals surface area contributed by atoms with Crippen LogP contribution in [0.2, 0.25) is 5.02 Å². The lowest BCUT2D eigenvalue weighted by atomic mass is 10.1. The molecule has 10 heteroatoms. The molecule has 0 saturated heterocycles. The second-order valence-electron chi connectivity index (χ2n) is 8.80. The van der Waals surface area contributed by atoms with Crippen molar-refractivity contribution in [3.63, 3.8) is 0 Å². The normalized spacial score (nSPS) is 13.9. The number of halogens is 1. The lowest BCUT2D eigenvalue weighted by Gasteiger charge is -2.18. The van der Waals surface area contributed by atoms with E-state index in [1.54, 1.807) is 61.5 Å². The number of urea groups is 1. The van der Waals surface area contributed by atoms with Gasteiger partial charge in [0.15, 0.2) is 9.92 Å². The van der Waals surface area contributed by atoms with E-state index >= 15 is 0 Å². The van der Waals surface area contributed by atoms with Crippen LogP contribution in [0.1, 0.15) is 31.8 Å². The van der Waals surface area contributed by atoms with Gasteiger partial charge in [0, 0.05) is 10.7 Å². The number of imide groups is 1. The summed E-state index contributed by atoms with van der Waals surface area (Å²) in [6.07, 6.45) is 0. The van der Waals surface area contributed by atoms with Crippen molar-refractivity contribution >= 4 is 50.7 Å². The van der Waals surface area contributed by atoms with E-state index in [2.05, 4.69) is 14.4 Å². The lowest BCUT2D eigenvalue weighted by Crippen LogP contribution is -2.34. The van der Waals surface area contributed by atoms with E-state index in [0.717, 1.165) is 10.5 Å². The van der Waals surface area contributed by atoms with Crippen molar-refractivity contribution in [1.82, 2.24) is 4.72 Å². The molecule has 4 aromatic rings. The number of amides is 4. The summed E-state index contributed by atoms with van der Waals surface area (Å²) in [7, 11) is -3.31. The highest BCUT2D eigenvalue weighted by Gasteiger charge is 2.37. The molecule has 0 radical (unpaired) electrons. The number of aryl methyl sites for hydroxylation is 1. The summed E-state index contributed by atoms with van der Waals surface area (Å²) >= 11 is 6.01. The molecule has 0 bridgehead atoms. The summed E-state index contributed by atoms with van der Waals surface area (Å²) in [6, 6.07) is 26.4. The van der Waals surface area contributed by atoms with E-state index in [0.29, 0.717) is 26.9 Å². The molecule has 4 aromatic carbocycles. The second kappa shape index (κ2) is 10.7. The number of nitrogens with zero attached hydrogens (tertiary/aromatic N) is 2. The Morgan fingerprint density at radius 1 is 0.872 bits per heavy atom. The fraction of sp³-hybridized carbons (Fsp3) is 0.0690. The predicted molar refractivity (Wildman–Crippen MR) is 151 cm³/mol. The molecule has 2 N–H and O–H groups in total. The van der Waals surface area contributed by atoms with Gasteiger partial charge >= 0.3 is 6.03 Å². The standard InChI is InChI=1S/C29H23ClN4O4S/c1-19-16-22(13-15-26(19)34-27(35)24-14-12-21(30)17-25(24)28(34)36)32-29(37)33-39(38,23-10-6-3-7-11-23)31-18-20-8-4-2-5-9-20/h2-17H,18H2,1H3,(H2,31,32,33,37,38). The van der Waals surface area contributed by atoms with Gasteiger partial charge in [-0.3, -0.25) is 9.59 Å². The number of carbonyl (C=O) groups excluding carboxylic acids is 3. The van der Waals surface area contributed by atoms with E-state index in [1.807, 2.05) is 30.3 Å². The fourth-order valence-electron chi connectivity index (χ4n) is 4.22. The Hall–Kier alpha value is -4.47. The van der Waals surface area contributed by atoms with Crippen LogP contribution in [0.3, 0.4) is 0 Å². The van der Waals surface area contributed by atoms with Crippen LogP contribution in [0.5, 0.6) is 0 Å². The van der Waals surface area contributed by atoms with Gasteiger partial charge in [0.2, 0.25) is 0 Å². The summed E-state index contributed by atoms with van der Waals surface area (Å²) in [6.45, 7) is 1.87. The quantitative estimate of drug-likeness (QED) is 0.274. The van der Waals surface area contributed by atoms with Gasteiger partial charge in [-0.1, -0.05) is 60.1 Å². The Kier molecular flexibility index (Phi) is 7.19. The minimum atomic E-state index is -3.31. The Balaban J connectivity index is 1.36. The Morgan fingerprint density at radius 3 is 2.23 bits per heavy atom. The largest absolute Gasteiger partial charge is 0.331 e. The van der Waals surface area contributed by atoms with Crippen molar-refractivity contribution in [2.75, 3.05) is 10.2 Å². The average Bonchev–Trinajstić information content (AvgIpc) is 3.17. The molecule has 5 rings (SSSR count). The van der Waals surface area contributed by atoms with E-state index < -0.39 is 27.8 Å². The first-order chi connectivity index (χ1) is 18.7. The summed E-state index contributed by atoms with van der Waals surface area (Å²) < 4.78 is 20.7. The maximum atomic E-state index is 13.8. The van der Waals surface area contributed by atoms with Gasteiger partial charge in [0.1, 0.15) is 0 Å². The number of hydrogen-bond donors (Lipinski definition) is 2. The molecule has 0 aromatic heterocycles. The van der Waals surface area contributed by atoms with Crippen molar-refractivity contribution in [2.45, 2.75) is 18.4 Å². The Bertz CT molecular complexity index is 1720. The third-order valence-corrected chi connectivity index (χ3v) is 8.21. The Morgan fingerprint density at radius 2 is 1.54 bits per heavy atom. The van der Waals surface area contributed by atoms with Crippen LogP contribution >= 0.6 is 11.6 Å². The minimum Gasteiger partial charge on any atom is -0.307 e. The average molecular weight is 559 g/mol. The molecule has 0 fully saturated rings. The third-order valence-electron chi connectivity index (χ3n) is 6.11. The first-order valence-electron chi connectivity index (χ1n) is 11.9. The zero-order chi connectivity index (χ0) is 27.6. The highest BCUT2D eigenvalue weighted by molar-refractivity contribution is 7.92. The summed E-state index contributed by atoms with van der Waals surface area (Å²) in [5.74, 6) is -0.919. The number of fused-ring (bicyclic) bond motifs is 1. The van der Waals surface area contributed by atoms with Gasteiger partial charge in [0.25, 0.3) is 11.8 Å². The number of nitrogens with one attached hydrogen (secondary N) is 2. The molecule has 0 aliphatic carbocycles. The molecule has 1 aliphatic heterocycles. The third kappa shape index (κ3) is 5.41. The van der Waals surface area contributed by atoms with Crippen LogP contribution in [0.25, 0.3) is 0 Å². The molecule has 8 nitrogen and oxygen atoms in total. The van der Waals surface area contributed by atoms with Crippen molar-refractivity contribution in [3.05, 3.63) is 124 Å². The van der Waals surface area contributed by atoms with Gasteiger partial charge in [-0.05, 0) is 66.6 Å². The Labute approximate surface area is 230 Å². The van der Waals surface area contributed by atoms with Crippen LogP contribution in [-0.2, 0) is 16.5 Å². The monoisotopic (exact) mass is 558 g/mol. The van der Waals surface area contributed by atoms with Gasteiger partial charge in [0.05, 0.1) is 28.3 Å². The van der Waals surface area contributed by atoms with Gasteiger partial charge in [-0.25, -0.2) is 23.0 Å². The van der Waals surface area contributed by atoms with Crippen LogP contribution in [0.15, 0.2) is 106 Å². The predicted octanol–water partition coefficient (Wildman–Crippen LogP) is 6.21. The fourth-order valence-corrected chi connectivity index (χ4v) is 5.88. The number of hydrogen-bond acceptors (Lipinski definition) is 5. The molecule has 0 saturated carbocycles. The van der Waals surface area contributed by atoms with Crippen molar-refractivity contribution in [3.8, 4) is 0 Å². The summed E-state index contributed by atoms with van der Waals surface area (Å²) in [5.41, 5.74) is 2.71. The van der Waals surface area contributed by atoms with E-state index in [-0.39, 0.29) is 17.7 Å². The van der Waals surface area contributed by atoms with Crippen molar-refractivity contribution < 1.29 is 18.6 Å². The molecule has 0 spiro atoms. The molecule has 1 aliphatic rings. The first kappa shape index (κ1) is 26.1. The van der Waals surface area contributed by atoms with Crippen molar-refractivity contribution in [1.29, 1.82) is 0 Å².